The van der Waals surface area contributed by atoms with Crippen LogP contribution in [0.4, 0.5) is 4.39 Å². The van der Waals surface area contributed by atoms with E-state index in [0.29, 0.717) is 12.0 Å². The number of benzene rings is 1. The van der Waals surface area contributed by atoms with E-state index in [9.17, 15) is 12.8 Å². The molecule has 1 aromatic rings. The van der Waals surface area contributed by atoms with E-state index in [1.165, 1.54) is 12.1 Å². The molecule has 1 aromatic carbocycles. The van der Waals surface area contributed by atoms with E-state index >= 15 is 0 Å². The second-order valence-electron chi connectivity index (χ2n) is 5.90. The quantitative estimate of drug-likeness (QED) is 0.837. The molecule has 122 valence electrons. The minimum absolute atomic E-state index is 0. The lowest BCUT2D eigenvalue weighted by atomic mass is 9.92. The second kappa shape index (κ2) is 7.54. The Morgan fingerprint density at radius 1 is 1.38 bits per heavy atom. The van der Waals surface area contributed by atoms with Crippen LogP contribution < -0.4 is 10.5 Å². The molecule has 0 aromatic heterocycles. The lowest BCUT2D eigenvalue weighted by molar-refractivity contribution is 0.344. The van der Waals surface area contributed by atoms with E-state index in [1.807, 2.05) is 13.8 Å². The molecule has 0 heterocycles. The molecule has 7 heteroatoms. The van der Waals surface area contributed by atoms with Gasteiger partial charge in [-0.2, -0.15) is 0 Å². The fraction of sp³-hybridized carbons (Fsp3) is 0.571. The molecule has 1 rings (SSSR count). The summed E-state index contributed by atoms with van der Waals surface area (Å²) in [6.07, 6.45) is 0.580. The topological polar surface area (TPSA) is 72.2 Å². The zero-order valence-corrected chi connectivity index (χ0v) is 14.4. The van der Waals surface area contributed by atoms with Crippen LogP contribution in [0.15, 0.2) is 23.1 Å². The summed E-state index contributed by atoms with van der Waals surface area (Å²) in [6, 6.07) is 4.01. The number of hydrogen-bond acceptors (Lipinski definition) is 3. The molecular formula is C14H24ClFN2O2S. The lowest BCUT2D eigenvalue weighted by Gasteiger charge is -2.30. The summed E-state index contributed by atoms with van der Waals surface area (Å²) in [5, 5.41) is 0. The summed E-state index contributed by atoms with van der Waals surface area (Å²) >= 11 is 0. The Hall–Kier alpha value is -0.690. The first-order valence-electron chi connectivity index (χ1n) is 6.60. The van der Waals surface area contributed by atoms with E-state index in [-0.39, 0.29) is 29.8 Å². The Morgan fingerprint density at radius 2 is 1.95 bits per heavy atom. The molecule has 4 nitrogen and oxygen atoms in total. The van der Waals surface area contributed by atoms with Crippen LogP contribution >= 0.6 is 12.4 Å². The van der Waals surface area contributed by atoms with Crippen LogP contribution in [0.2, 0.25) is 0 Å². The van der Waals surface area contributed by atoms with Crippen molar-refractivity contribution in [3.05, 3.63) is 29.6 Å². The Kier molecular flexibility index (Phi) is 7.29. The van der Waals surface area contributed by atoms with Crippen LogP contribution in [0.5, 0.6) is 0 Å². The van der Waals surface area contributed by atoms with E-state index in [0.717, 1.165) is 6.07 Å². The number of sulfonamides is 1. The third-order valence-electron chi connectivity index (χ3n) is 3.07. The molecule has 0 saturated heterocycles. The standard InChI is InChI=1S/C14H23FN2O2S.ClH/c1-10(2)8-14(4,9-16)17-20(18,19)13-7-11(3)5-6-12(13)15;/h5-7,10,17H,8-9,16H2,1-4H3;1H. The molecule has 0 spiro atoms. The first-order chi connectivity index (χ1) is 9.09. The maximum absolute atomic E-state index is 13.8. The second-order valence-corrected chi connectivity index (χ2v) is 7.55. The smallest absolute Gasteiger partial charge is 0.244 e. The minimum atomic E-state index is -3.93. The van der Waals surface area contributed by atoms with Crippen molar-refractivity contribution in [2.24, 2.45) is 11.7 Å². The Morgan fingerprint density at radius 3 is 2.43 bits per heavy atom. The van der Waals surface area contributed by atoms with Gasteiger partial charge in [0.1, 0.15) is 10.7 Å². The lowest BCUT2D eigenvalue weighted by Crippen LogP contribution is -2.52. The number of halogens is 2. The van der Waals surface area contributed by atoms with Gasteiger partial charge in [0.05, 0.1) is 0 Å². The van der Waals surface area contributed by atoms with Crippen molar-refractivity contribution < 1.29 is 12.8 Å². The zero-order chi connectivity index (χ0) is 15.6. The van der Waals surface area contributed by atoms with Gasteiger partial charge in [-0.3, -0.25) is 0 Å². The van der Waals surface area contributed by atoms with Crippen LogP contribution in [0.25, 0.3) is 0 Å². The van der Waals surface area contributed by atoms with Gasteiger partial charge >= 0.3 is 0 Å². The maximum atomic E-state index is 13.8. The monoisotopic (exact) mass is 338 g/mol. The number of nitrogens with two attached hydrogens (primary N) is 1. The molecule has 0 amide bonds. The molecule has 0 bridgehead atoms. The van der Waals surface area contributed by atoms with Crippen molar-refractivity contribution in [3.63, 3.8) is 0 Å². The van der Waals surface area contributed by atoms with Gasteiger partial charge < -0.3 is 5.73 Å². The van der Waals surface area contributed by atoms with Crippen molar-refractivity contribution in [2.45, 2.75) is 44.6 Å². The summed E-state index contributed by atoms with van der Waals surface area (Å²) in [6.45, 7) is 7.57. The van der Waals surface area contributed by atoms with Crippen molar-refractivity contribution in [2.75, 3.05) is 6.54 Å². The normalized spacial score (nSPS) is 14.6. The highest BCUT2D eigenvalue weighted by Gasteiger charge is 2.31. The molecule has 21 heavy (non-hydrogen) atoms. The summed E-state index contributed by atoms with van der Waals surface area (Å²) < 4.78 is 41.0. The summed E-state index contributed by atoms with van der Waals surface area (Å²) in [5.41, 5.74) is 5.58. The van der Waals surface area contributed by atoms with Crippen LogP contribution in [0.1, 0.15) is 32.8 Å². The molecule has 0 aliphatic heterocycles. The van der Waals surface area contributed by atoms with Crippen LogP contribution in [0, 0.1) is 18.7 Å². The number of nitrogens with one attached hydrogen (secondary N) is 1. The van der Waals surface area contributed by atoms with Gasteiger partial charge in [-0.1, -0.05) is 19.9 Å². The largest absolute Gasteiger partial charge is 0.329 e. The SMILES string of the molecule is Cc1ccc(F)c(S(=O)(=O)NC(C)(CN)CC(C)C)c1.Cl. The highest BCUT2D eigenvalue weighted by atomic mass is 35.5. The van der Waals surface area contributed by atoms with Crippen molar-refractivity contribution in [1.29, 1.82) is 0 Å². The fourth-order valence-corrected chi connectivity index (χ4v) is 3.85. The number of hydrogen-bond donors (Lipinski definition) is 2. The van der Waals surface area contributed by atoms with E-state index in [2.05, 4.69) is 4.72 Å². The summed E-state index contributed by atoms with van der Waals surface area (Å²) in [5.74, 6) is -0.486. The summed E-state index contributed by atoms with van der Waals surface area (Å²) in [7, 11) is -3.93. The molecule has 1 unspecified atom stereocenters. The molecule has 0 radical (unpaired) electrons. The molecule has 0 aliphatic carbocycles. The molecule has 0 saturated carbocycles. The first kappa shape index (κ1) is 20.3. The van der Waals surface area contributed by atoms with Crippen LogP contribution in [0.3, 0.4) is 0 Å². The predicted octanol–water partition coefficient (Wildman–Crippen LogP) is 2.60. The Balaban J connectivity index is 0.00000400. The van der Waals surface area contributed by atoms with Crippen molar-refractivity contribution >= 4 is 22.4 Å². The third-order valence-corrected chi connectivity index (χ3v) is 4.72. The first-order valence-corrected chi connectivity index (χ1v) is 8.08. The van der Waals surface area contributed by atoms with E-state index < -0.39 is 21.4 Å². The molecule has 1 atom stereocenters. The maximum Gasteiger partial charge on any atom is 0.244 e. The van der Waals surface area contributed by atoms with Crippen molar-refractivity contribution in [1.82, 2.24) is 4.72 Å². The van der Waals surface area contributed by atoms with Gasteiger partial charge in [0.25, 0.3) is 0 Å². The average molecular weight is 339 g/mol. The number of aryl methyl sites for hydroxylation is 1. The van der Waals surface area contributed by atoms with Gasteiger partial charge in [0.15, 0.2) is 0 Å². The summed E-state index contributed by atoms with van der Waals surface area (Å²) in [4.78, 5) is -0.332. The zero-order valence-electron chi connectivity index (χ0n) is 12.8. The molecule has 0 fully saturated rings. The predicted molar refractivity (Wildman–Crippen MR) is 85.6 cm³/mol. The molecule has 3 N–H and O–H groups in total. The average Bonchev–Trinajstić information content (AvgIpc) is 2.30. The minimum Gasteiger partial charge on any atom is -0.329 e. The Labute approximate surface area is 132 Å². The number of rotatable bonds is 6. The van der Waals surface area contributed by atoms with Gasteiger partial charge in [0, 0.05) is 12.1 Å². The van der Waals surface area contributed by atoms with Gasteiger partial charge in [-0.25, -0.2) is 17.5 Å². The van der Waals surface area contributed by atoms with Gasteiger partial charge in [-0.05, 0) is 43.9 Å². The van der Waals surface area contributed by atoms with E-state index in [1.54, 1.807) is 13.8 Å². The van der Waals surface area contributed by atoms with Gasteiger partial charge in [-0.15, -0.1) is 12.4 Å². The van der Waals surface area contributed by atoms with Crippen molar-refractivity contribution in [3.8, 4) is 0 Å². The third kappa shape index (κ3) is 5.54. The highest BCUT2D eigenvalue weighted by Crippen LogP contribution is 2.21. The fourth-order valence-electron chi connectivity index (χ4n) is 2.26. The van der Waals surface area contributed by atoms with E-state index in [4.69, 9.17) is 5.73 Å². The van der Waals surface area contributed by atoms with Crippen LogP contribution in [-0.4, -0.2) is 20.5 Å². The molecule has 0 aliphatic rings. The highest BCUT2D eigenvalue weighted by molar-refractivity contribution is 7.89. The molecular weight excluding hydrogens is 315 g/mol. The van der Waals surface area contributed by atoms with Gasteiger partial charge in [0.2, 0.25) is 10.0 Å². The Bertz CT molecular complexity index is 578. The van der Waals surface area contributed by atoms with Crippen LogP contribution in [-0.2, 0) is 10.0 Å².